The maximum Gasteiger partial charge on any atom is 0.144 e. The summed E-state index contributed by atoms with van der Waals surface area (Å²) in [4.78, 5) is 14.1. The third-order valence-corrected chi connectivity index (χ3v) is 6.53. The van der Waals surface area contributed by atoms with Crippen molar-refractivity contribution in [2.75, 3.05) is 0 Å². The largest absolute Gasteiger partial charge is 0.299 e. The van der Waals surface area contributed by atoms with Gasteiger partial charge in [0.25, 0.3) is 0 Å². The number of nitrogens with zero attached hydrogens (tertiary/aromatic N) is 4. The zero-order valence-corrected chi connectivity index (χ0v) is 21.4. The van der Waals surface area contributed by atoms with Gasteiger partial charge in [0.2, 0.25) is 0 Å². The lowest BCUT2D eigenvalue weighted by atomic mass is 9.92. The molecule has 5 aromatic rings. The minimum absolute atomic E-state index is 0.415. The molecule has 36 heavy (non-hydrogen) atoms. The second-order valence-corrected chi connectivity index (χ2v) is 9.82. The number of pyridine rings is 2. The van der Waals surface area contributed by atoms with Crippen LogP contribution in [0, 0.1) is 0 Å². The number of aromatic nitrogens is 4. The summed E-state index contributed by atoms with van der Waals surface area (Å²) in [6.45, 7) is 9.02. The van der Waals surface area contributed by atoms with Crippen LogP contribution in [0.4, 0.5) is 0 Å². The Labute approximate surface area is 213 Å². The monoisotopic (exact) mass is 472 g/mol. The summed E-state index contributed by atoms with van der Waals surface area (Å²) in [7, 11) is 0. The molecule has 0 atom stereocenters. The normalized spacial score (nSPS) is 11.4. The molecule has 5 rings (SSSR count). The summed E-state index contributed by atoms with van der Waals surface area (Å²) in [5, 5.41) is 0. The molecule has 0 saturated heterocycles. The Bertz CT molecular complexity index is 1440. The molecule has 0 fully saturated rings. The van der Waals surface area contributed by atoms with Gasteiger partial charge in [-0.05, 0) is 58.9 Å². The van der Waals surface area contributed by atoms with Crippen LogP contribution in [0.5, 0.6) is 0 Å². The quantitative estimate of drug-likeness (QED) is 0.242. The summed E-state index contributed by atoms with van der Waals surface area (Å²) < 4.78 is 2.27. The molecule has 0 amide bonds. The summed E-state index contributed by atoms with van der Waals surface area (Å²) in [5.41, 5.74) is 9.04. The Morgan fingerprint density at radius 1 is 0.694 bits per heavy atom. The highest BCUT2D eigenvalue weighted by molar-refractivity contribution is 5.63. The first-order valence-corrected chi connectivity index (χ1v) is 12.6. The molecule has 4 heteroatoms. The molecule has 0 saturated carbocycles. The van der Waals surface area contributed by atoms with E-state index < -0.39 is 0 Å². The molecule has 0 aliphatic carbocycles. The number of benzene rings is 2. The molecule has 0 radical (unpaired) electrons. The van der Waals surface area contributed by atoms with E-state index in [-0.39, 0.29) is 0 Å². The summed E-state index contributed by atoms with van der Waals surface area (Å²) >= 11 is 0. The van der Waals surface area contributed by atoms with Crippen LogP contribution in [0.15, 0.2) is 97.5 Å². The number of hydrogen-bond acceptors (Lipinski definition) is 3. The van der Waals surface area contributed by atoms with Crippen LogP contribution in [-0.2, 0) is 6.42 Å². The Morgan fingerprint density at radius 3 is 2.14 bits per heavy atom. The average Bonchev–Trinajstić information content (AvgIpc) is 3.39. The van der Waals surface area contributed by atoms with Gasteiger partial charge in [-0.25, -0.2) is 4.98 Å². The van der Waals surface area contributed by atoms with E-state index in [0.717, 1.165) is 34.9 Å². The highest BCUT2D eigenvalue weighted by Crippen LogP contribution is 2.34. The first kappa shape index (κ1) is 23.7. The number of imidazole rings is 1. The zero-order chi connectivity index (χ0) is 25.1. The molecule has 4 nitrogen and oxygen atoms in total. The smallest absolute Gasteiger partial charge is 0.144 e. The van der Waals surface area contributed by atoms with Crippen LogP contribution < -0.4 is 0 Å². The van der Waals surface area contributed by atoms with Gasteiger partial charge in [-0.2, -0.15) is 0 Å². The molecule has 2 aromatic carbocycles. The highest BCUT2D eigenvalue weighted by atomic mass is 15.1. The van der Waals surface area contributed by atoms with Crippen molar-refractivity contribution in [3.05, 3.63) is 120 Å². The predicted molar refractivity (Wildman–Crippen MR) is 147 cm³/mol. The Morgan fingerprint density at radius 2 is 1.42 bits per heavy atom. The molecule has 0 aliphatic rings. The minimum Gasteiger partial charge on any atom is -0.299 e. The van der Waals surface area contributed by atoms with Gasteiger partial charge in [-0.3, -0.25) is 14.5 Å². The maximum absolute atomic E-state index is 4.87. The fourth-order valence-electron chi connectivity index (χ4n) is 4.75. The lowest BCUT2D eigenvalue weighted by Crippen LogP contribution is -2.08. The van der Waals surface area contributed by atoms with Gasteiger partial charge < -0.3 is 0 Å². The van der Waals surface area contributed by atoms with Gasteiger partial charge in [-0.1, -0.05) is 76.2 Å². The first-order chi connectivity index (χ1) is 17.5. The topological polar surface area (TPSA) is 43.6 Å². The van der Waals surface area contributed by atoms with E-state index in [1.165, 1.54) is 22.4 Å². The van der Waals surface area contributed by atoms with Crippen molar-refractivity contribution >= 4 is 0 Å². The van der Waals surface area contributed by atoms with E-state index in [0.29, 0.717) is 11.8 Å². The number of para-hydroxylation sites is 1. The lowest BCUT2D eigenvalue weighted by Gasteiger charge is -2.22. The first-order valence-electron chi connectivity index (χ1n) is 12.6. The molecule has 0 bridgehead atoms. The van der Waals surface area contributed by atoms with Crippen molar-refractivity contribution in [1.82, 2.24) is 19.5 Å². The fourth-order valence-corrected chi connectivity index (χ4v) is 4.75. The second kappa shape index (κ2) is 10.3. The van der Waals surface area contributed by atoms with Crippen molar-refractivity contribution in [1.29, 1.82) is 0 Å². The Hall–Kier alpha value is -4.05. The Balaban J connectivity index is 1.51. The molecule has 0 spiro atoms. The van der Waals surface area contributed by atoms with Gasteiger partial charge in [0, 0.05) is 36.3 Å². The van der Waals surface area contributed by atoms with E-state index in [2.05, 4.69) is 98.0 Å². The van der Waals surface area contributed by atoms with Gasteiger partial charge in [0.1, 0.15) is 5.82 Å². The summed E-state index contributed by atoms with van der Waals surface area (Å²) in [6, 6.07) is 27.4. The van der Waals surface area contributed by atoms with E-state index in [4.69, 9.17) is 9.97 Å². The fraction of sp³-hybridized carbons (Fsp3) is 0.219. The SMILES string of the molecule is CC(C)c1cccc(C(C)C)c1-n1ccnc1-c1cccc(Cc2cccc(-c3ccccn3)n2)c1. The number of rotatable bonds is 7. The highest BCUT2D eigenvalue weighted by Gasteiger charge is 2.18. The van der Waals surface area contributed by atoms with Crippen molar-refractivity contribution in [3.8, 4) is 28.5 Å². The lowest BCUT2D eigenvalue weighted by molar-refractivity contribution is 0.806. The molecule has 0 N–H and O–H groups in total. The maximum atomic E-state index is 4.87. The summed E-state index contributed by atoms with van der Waals surface area (Å²) in [6.07, 6.45) is 6.54. The van der Waals surface area contributed by atoms with Crippen molar-refractivity contribution < 1.29 is 0 Å². The van der Waals surface area contributed by atoms with Crippen LogP contribution in [-0.4, -0.2) is 19.5 Å². The van der Waals surface area contributed by atoms with E-state index in [9.17, 15) is 0 Å². The van der Waals surface area contributed by atoms with E-state index >= 15 is 0 Å². The van der Waals surface area contributed by atoms with Crippen LogP contribution in [0.25, 0.3) is 28.5 Å². The minimum atomic E-state index is 0.415. The van der Waals surface area contributed by atoms with Crippen LogP contribution >= 0.6 is 0 Å². The second-order valence-electron chi connectivity index (χ2n) is 9.82. The molecular formula is C32H32N4. The van der Waals surface area contributed by atoms with E-state index in [1.54, 1.807) is 6.20 Å². The predicted octanol–water partition coefficient (Wildman–Crippen LogP) is 7.83. The summed E-state index contributed by atoms with van der Waals surface area (Å²) in [5.74, 6) is 1.79. The van der Waals surface area contributed by atoms with Crippen molar-refractivity contribution in [2.24, 2.45) is 0 Å². The molecule has 0 aliphatic heterocycles. The molecule has 3 heterocycles. The average molecular weight is 473 g/mol. The molecular weight excluding hydrogens is 440 g/mol. The number of hydrogen-bond donors (Lipinski definition) is 0. The Kier molecular flexibility index (Phi) is 6.77. The zero-order valence-electron chi connectivity index (χ0n) is 21.4. The van der Waals surface area contributed by atoms with E-state index in [1.807, 2.05) is 30.5 Å². The third kappa shape index (κ3) is 4.85. The van der Waals surface area contributed by atoms with Crippen LogP contribution in [0.3, 0.4) is 0 Å². The molecule has 3 aromatic heterocycles. The standard InChI is InChI=1S/C32H32N4/c1-22(2)27-13-9-14-28(23(3)4)31(27)36-19-18-34-32(36)25-11-7-10-24(20-25)21-26-12-8-16-30(35-26)29-15-5-6-17-33-29/h5-20,22-23H,21H2,1-4H3. The molecule has 180 valence electrons. The third-order valence-electron chi connectivity index (χ3n) is 6.53. The van der Waals surface area contributed by atoms with Crippen molar-refractivity contribution in [3.63, 3.8) is 0 Å². The molecule has 0 unspecified atom stereocenters. The van der Waals surface area contributed by atoms with Gasteiger partial charge in [-0.15, -0.1) is 0 Å². The van der Waals surface area contributed by atoms with Gasteiger partial charge >= 0.3 is 0 Å². The van der Waals surface area contributed by atoms with Crippen LogP contribution in [0.1, 0.15) is 61.9 Å². The van der Waals surface area contributed by atoms with Crippen molar-refractivity contribution in [2.45, 2.75) is 46.0 Å². The van der Waals surface area contributed by atoms with Gasteiger partial charge in [0.05, 0.1) is 17.1 Å². The van der Waals surface area contributed by atoms with Gasteiger partial charge in [0.15, 0.2) is 0 Å². The van der Waals surface area contributed by atoms with Crippen LogP contribution in [0.2, 0.25) is 0 Å².